The molecule has 2 aromatic rings. The van der Waals surface area contributed by atoms with Gasteiger partial charge in [0.1, 0.15) is 0 Å². The Bertz CT molecular complexity index is 393. The van der Waals surface area contributed by atoms with Crippen molar-refractivity contribution in [1.29, 1.82) is 0 Å². The Kier molecular flexibility index (Phi) is 2.09. The molecule has 0 saturated carbocycles. The van der Waals surface area contributed by atoms with E-state index in [9.17, 15) is 0 Å². The van der Waals surface area contributed by atoms with Crippen LogP contribution in [0, 0.1) is 6.92 Å². The molecular formula is C12H10N. The van der Waals surface area contributed by atoms with Crippen LogP contribution in [0.1, 0.15) is 5.56 Å². The third-order valence-electron chi connectivity index (χ3n) is 1.89. The SMILES string of the molecule is [CH2]c1cccc(-c2ccccn2)c1. The molecule has 0 aliphatic carbocycles. The van der Waals surface area contributed by atoms with Gasteiger partial charge < -0.3 is 0 Å². The quantitative estimate of drug-likeness (QED) is 0.638. The highest BCUT2D eigenvalue weighted by molar-refractivity contribution is 5.59. The molecule has 0 fully saturated rings. The minimum Gasteiger partial charge on any atom is -0.256 e. The van der Waals surface area contributed by atoms with Gasteiger partial charge in [0, 0.05) is 11.8 Å². The highest BCUT2D eigenvalue weighted by atomic mass is 14.7. The van der Waals surface area contributed by atoms with E-state index in [2.05, 4.69) is 11.9 Å². The van der Waals surface area contributed by atoms with Crippen LogP contribution >= 0.6 is 0 Å². The van der Waals surface area contributed by atoms with Crippen molar-refractivity contribution >= 4 is 0 Å². The molecule has 0 aliphatic heterocycles. The Labute approximate surface area is 78.1 Å². The monoisotopic (exact) mass is 168 g/mol. The van der Waals surface area contributed by atoms with Gasteiger partial charge in [0.05, 0.1) is 5.69 Å². The van der Waals surface area contributed by atoms with Gasteiger partial charge in [-0.2, -0.15) is 0 Å². The van der Waals surface area contributed by atoms with Crippen molar-refractivity contribution in [2.75, 3.05) is 0 Å². The standard InChI is InChI=1S/C12H10N/c1-10-5-4-6-11(9-10)12-7-2-3-8-13-12/h2-9H,1H2. The molecule has 0 spiro atoms. The second-order valence-electron chi connectivity index (χ2n) is 2.92. The van der Waals surface area contributed by atoms with Gasteiger partial charge in [0.25, 0.3) is 0 Å². The van der Waals surface area contributed by atoms with Crippen LogP contribution in [0.2, 0.25) is 0 Å². The van der Waals surface area contributed by atoms with Crippen LogP contribution in [0.3, 0.4) is 0 Å². The number of aromatic nitrogens is 1. The van der Waals surface area contributed by atoms with Crippen LogP contribution in [-0.2, 0) is 0 Å². The maximum absolute atomic E-state index is 4.26. The van der Waals surface area contributed by atoms with Crippen LogP contribution < -0.4 is 0 Å². The van der Waals surface area contributed by atoms with Crippen molar-refractivity contribution in [1.82, 2.24) is 4.98 Å². The lowest BCUT2D eigenvalue weighted by Gasteiger charge is -2.00. The first-order valence-electron chi connectivity index (χ1n) is 4.20. The summed E-state index contributed by atoms with van der Waals surface area (Å²) in [4.78, 5) is 4.26. The minimum absolute atomic E-state index is 0.994. The normalized spacial score (nSPS) is 9.92. The molecular weight excluding hydrogens is 158 g/mol. The van der Waals surface area contributed by atoms with E-state index in [0.29, 0.717) is 0 Å². The molecule has 63 valence electrons. The molecule has 1 heterocycles. The average molecular weight is 168 g/mol. The van der Waals surface area contributed by atoms with E-state index in [0.717, 1.165) is 16.8 Å². The van der Waals surface area contributed by atoms with Gasteiger partial charge in [-0.05, 0) is 30.7 Å². The first kappa shape index (κ1) is 7.99. The fourth-order valence-corrected chi connectivity index (χ4v) is 1.26. The number of hydrogen-bond acceptors (Lipinski definition) is 1. The van der Waals surface area contributed by atoms with Gasteiger partial charge in [-0.1, -0.05) is 24.3 Å². The molecule has 2 rings (SSSR count). The number of rotatable bonds is 1. The summed E-state index contributed by atoms with van der Waals surface area (Å²) in [6.45, 7) is 3.88. The van der Waals surface area contributed by atoms with Crippen LogP contribution in [0.15, 0.2) is 48.7 Å². The van der Waals surface area contributed by atoms with E-state index in [4.69, 9.17) is 0 Å². The Hall–Kier alpha value is -1.63. The zero-order chi connectivity index (χ0) is 9.10. The van der Waals surface area contributed by atoms with Gasteiger partial charge >= 0.3 is 0 Å². The Balaban J connectivity index is 2.48. The van der Waals surface area contributed by atoms with Gasteiger partial charge in [0.15, 0.2) is 0 Å². The molecule has 0 bridgehead atoms. The fourth-order valence-electron chi connectivity index (χ4n) is 1.26. The fraction of sp³-hybridized carbons (Fsp3) is 0. The summed E-state index contributed by atoms with van der Waals surface area (Å²) in [5.41, 5.74) is 3.13. The van der Waals surface area contributed by atoms with Crippen LogP contribution in [0.4, 0.5) is 0 Å². The Morgan fingerprint density at radius 1 is 1.00 bits per heavy atom. The Morgan fingerprint density at radius 3 is 2.62 bits per heavy atom. The number of pyridine rings is 1. The number of benzene rings is 1. The third kappa shape index (κ3) is 1.75. The summed E-state index contributed by atoms with van der Waals surface area (Å²) in [5.74, 6) is 0. The van der Waals surface area contributed by atoms with Gasteiger partial charge in [-0.15, -0.1) is 0 Å². The van der Waals surface area contributed by atoms with E-state index in [1.54, 1.807) is 6.20 Å². The van der Waals surface area contributed by atoms with Crippen molar-refractivity contribution in [3.8, 4) is 11.3 Å². The zero-order valence-electron chi connectivity index (χ0n) is 7.27. The topological polar surface area (TPSA) is 12.9 Å². The molecule has 0 unspecified atom stereocenters. The van der Waals surface area contributed by atoms with Crippen LogP contribution in [-0.4, -0.2) is 4.98 Å². The summed E-state index contributed by atoms with van der Waals surface area (Å²) >= 11 is 0. The lowest BCUT2D eigenvalue weighted by atomic mass is 10.1. The molecule has 1 nitrogen and oxygen atoms in total. The summed E-state index contributed by atoms with van der Waals surface area (Å²) in [6, 6.07) is 13.9. The third-order valence-corrected chi connectivity index (χ3v) is 1.89. The maximum Gasteiger partial charge on any atom is 0.0702 e. The first-order valence-corrected chi connectivity index (χ1v) is 4.20. The van der Waals surface area contributed by atoms with Crippen LogP contribution in [0.5, 0.6) is 0 Å². The molecule has 1 heteroatoms. The smallest absolute Gasteiger partial charge is 0.0702 e. The largest absolute Gasteiger partial charge is 0.256 e. The van der Waals surface area contributed by atoms with Crippen molar-refractivity contribution in [2.45, 2.75) is 0 Å². The zero-order valence-corrected chi connectivity index (χ0v) is 7.27. The molecule has 0 amide bonds. The van der Waals surface area contributed by atoms with E-state index in [-0.39, 0.29) is 0 Å². The predicted octanol–water partition coefficient (Wildman–Crippen LogP) is 2.93. The van der Waals surface area contributed by atoms with Crippen molar-refractivity contribution in [2.24, 2.45) is 0 Å². The highest BCUT2D eigenvalue weighted by Crippen LogP contribution is 2.16. The van der Waals surface area contributed by atoms with Crippen LogP contribution in [0.25, 0.3) is 11.3 Å². The molecule has 0 aliphatic rings. The molecule has 0 atom stereocenters. The minimum atomic E-state index is 0.994. The second kappa shape index (κ2) is 3.40. The van der Waals surface area contributed by atoms with Crippen molar-refractivity contribution in [3.05, 3.63) is 61.1 Å². The first-order chi connectivity index (χ1) is 6.36. The summed E-state index contributed by atoms with van der Waals surface area (Å²) in [7, 11) is 0. The summed E-state index contributed by atoms with van der Waals surface area (Å²) in [5, 5.41) is 0. The van der Waals surface area contributed by atoms with Crippen molar-refractivity contribution in [3.63, 3.8) is 0 Å². The predicted molar refractivity (Wildman–Crippen MR) is 54.1 cm³/mol. The average Bonchev–Trinajstić information content (AvgIpc) is 2.19. The molecule has 1 aromatic heterocycles. The van der Waals surface area contributed by atoms with E-state index in [1.807, 2.05) is 42.5 Å². The molecule has 13 heavy (non-hydrogen) atoms. The highest BCUT2D eigenvalue weighted by Gasteiger charge is 1.96. The van der Waals surface area contributed by atoms with E-state index < -0.39 is 0 Å². The second-order valence-corrected chi connectivity index (χ2v) is 2.92. The Morgan fingerprint density at radius 2 is 1.92 bits per heavy atom. The van der Waals surface area contributed by atoms with Gasteiger partial charge in [0.2, 0.25) is 0 Å². The molecule has 0 saturated heterocycles. The lowest BCUT2D eigenvalue weighted by molar-refractivity contribution is 1.32. The summed E-state index contributed by atoms with van der Waals surface area (Å²) in [6.07, 6.45) is 1.80. The molecule has 1 radical (unpaired) electrons. The van der Waals surface area contributed by atoms with Gasteiger partial charge in [-0.25, -0.2) is 0 Å². The van der Waals surface area contributed by atoms with E-state index >= 15 is 0 Å². The lowest BCUT2D eigenvalue weighted by Crippen LogP contribution is -1.81. The van der Waals surface area contributed by atoms with E-state index in [1.165, 1.54) is 0 Å². The molecule has 0 N–H and O–H groups in total. The molecule has 1 aromatic carbocycles. The summed E-state index contributed by atoms with van der Waals surface area (Å²) < 4.78 is 0. The number of hydrogen-bond donors (Lipinski definition) is 0. The van der Waals surface area contributed by atoms with Gasteiger partial charge in [-0.3, -0.25) is 4.98 Å². The van der Waals surface area contributed by atoms with Crippen molar-refractivity contribution < 1.29 is 0 Å². The maximum atomic E-state index is 4.26. The number of nitrogens with zero attached hydrogens (tertiary/aromatic N) is 1.